The van der Waals surface area contributed by atoms with E-state index in [1.165, 1.54) is 16.7 Å². The van der Waals surface area contributed by atoms with Crippen LogP contribution in [-0.4, -0.2) is 94.9 Å². The van der Waals surface area contributed by atoms with Crippen molar-refractivity contribution in [3.8, 4) is 5.75 Å². The maximum atomic E-state index is 13.2. The summed E-state index contributed by atoms with van der Waals surface area (Å²) in [5.41, 5.74) is 5.89. The van der Waals surface area contributed by atoms with Crippen LogP contribution in [0.5, 0.6) is 5.75 Å². The highest BCUT2D eigenvalue weighted by atomic mass is 16.5. The molecule has 288 valence electrons. The van der Waals surface area contributed by atoms with Crippen LogP contribution in [0.15, 0.2) is 79.0 Å². The molecule has 2 unspecified atom stereocenters. The van der Waals surface area contributed by atoms with Crippen molar-refractivity contribution >= 4 is 35.3 Å². The first kappa shape index (κ1) is 36.0. The third kappa shape index (κ3) is 6.48. The highest BCUT2D eigenvalue weighted by Gasteiger charge is 2.50. The molecule has 2 atom stereocenters. The van der Waals surface area contributed by atoms with Crippen molar-refractivity contribution < 1.29 is 28.7 Å². The molecule has 6 heterocycles. The Kier molecular flexibility index (Phi) is 8.89. The van der Waals surface area contributed by atoms with Gasteiger partial charge in [-0.3, -0.25) is 34.3 Å². The standard InChI is InChI=1S/C43H45N7O6/c1-26(48-19-32(20-48)45-30-10-13-34-35(18-30)40(54)50(39(34)53)36-14-15-37(51)47-38(36)52)27-4-6-28(7-5-27)42(2,3)29-8-11-33(12-9-29)56-21-31-16-17-44-41(46-31)49-22-43(23-49)24-55-25-43/h4-13,16-18,26,32,36,45H,14-15,19-25H2,1-3H3,(H,47,51,52). The van der Waals surface area contributed by atoms with Gasteiger partial charge in [-0.25, -0.2) is 9.97 Å². The number of rotatable bonds is 11. The number of likely N-dealkylation sites (tertiary alicyclic amines) is 1. The lowest BCUT2D eigenvalue weighted by molar-refractivity contribution is -0.136. The van der Waals surface area contributed by atoms with Gasteiger partial charge in [-0.1, -0.05) is 50.2 Å². The number of nitrogens with zero attached hydrogens (tertiary/aromatic N) is 5. The van der Waals surface area contributed by atoms with E-state index in [-0.39, 0.29) is 41.5 Å². The van der Waals surface area contributed by atoms with Crippen molar-refractivity contribution in [1.29, 1.82) is 0 Å². The Bertz CT molecular complexity index is 2210. The number of carbonyl (C=O) groups is 4. The summed E-state index contributed by atoms with van der Waals surface area (Å²) in [5, 5.41) is 5.74. The molecule has 9 rings (SSSR count). The minimum Gasteiger partial charge on any atom is -0.487 e. The second-order valence-electron chi connectivity index (χ2n) is 16.4. The number of anilines is 2. The van der Waals surface area contributed by atoms with Crippen LogP contribution in [0.25, 0.3) is 0 Å². The number of piperidine rings is 1. The van der Waals surface area contributed by atoms with Gasteiger partial charge in [-0.15, -0.1) is 0 Å². The number of nitrogens with one attached hydrogen (secondary N) is 2. The molecular formula is C43H45N7O6. The fourth-order valence-corrected chi connectivity index (χ4v) is 8.49. The Labute approximate surface area is 325 Å². The largest absolute Gasteiger partial charge is 0.487 e. The van der Waals surface area contributed by atoms with Crippen LogP contribution in [0.1, 0.15) is 82.8 Å². The molecule has 3 aromatic carbocycles. The third-order valence-electron chi connectivity index (χ3n) is 12.2. The van der Waals surface area contributed by atoms with E-state index in [1.807, 2.05) is 18.2 Å². The van der Waals surface area contributed by atoms with Gasteiger partial charge in [0, 0.05) is 55.9 Å². The Balaban J connectivity index is 0.764. The van der Waals surface area contributed by atoms with Gasteiger partial charge in [0.15, 0.2) is 0 Å². The van der Waals surface area contributed by atoms with Gasteiger partial charge in [-0.2, -0.15) is 0 Å². The summed E-state index contributed by atoms with van der Waals surface area (Å²) in [5.74, 6) is -0.471. The molecule has 13 nitrogen and oxygen atoms in total. The quantitative estimate of drug-likeness (QED) is 0.209. The summed E-state index contributed by atoms with van der Waals surface area (Å²) in [7, 11) is 0. The number of benzene rings is 3. The fourth-order valence-electron chi connectivity index (χ4n) is 8.49. The first-order valence-corrected chi connectivity index (χ1v) is 19.3. The zero-order valence-electron chi connectivity index (χ0n) is 31.8. The highest BCUT2D eigenvalue weighted by molar-refractivity contribution is 6.23. The van der Waals surface area contributed by atoms with Gasteiger partial charge in [-0.05, 0) is 66.4 Å². The molecule has 5 aliphatic rings. The number of aromatic nitrogens is 2. The van der Waals surface area contributed by atoms with E-state index in [4.69, 9.17) is 14.5 Å². The van der Waals surface area contributed by atoms with Crippen LogP contribution >= 0.6 is 0 Å². The Hall–Kier alpha value is -5.66. The van der Waals surface area contributed by atoms with Crippen LogP contribution in [-0.2, 0) is 26.3 Å². The van der Waals surface area contributed by atoms with Crippen molar-refractivity contribution in [2.75, 3.05) is 49.6 Å². The van der Waals surface area contributed by atoms with Crippen molar-refractivity contribution in [2.24, 2.45) is 5.41 Å². The number of imide groups is 2. The molecule has 2 N–H and O–H groups in total. The Morgan fingerprint density at radius 3 is 2.30 bits per heavy atom. The molecular weight excluding hydrogens is 711 g/mol. The molecule has 4 fully saturated rings. The predicted molar refractivity (Wildman–Crippen MR) is 207 cm³/mol. The molecule has 56 heavy (non-hydrogen) atoms. The van der Waals surface area contributed by atoms with E-state index in [9.17, 15) is 19.2 Å². The van der Waals surface area contributed by atoms with Gasteiger partial charge < -0.3 is 19.7 Å². The van der Waals surface area contributed by atoms with Gasteiger partial charge in [0.05, 0.1) is 41.5 Å². The fraction of sp³-hybridized carbons (Fsp3) is 0.395. The van der Waals surface area contributed by atoms with Crippen LogP contribution in [0.4, 0.5) is 11.6 Å². The van der Waals surface area contributed by atoms with Gasteiger partial charge >= 0.3 is 0 Å². The van der Waals surface area contributed by atoms with E-state index < -0.39 is 29.7 Å². The molecule has 5 aliphatic heterocycles. The van der Waals surface area contributed by atoms with Crippen LogP contribution < -0.4 is 20.3 Å². The zero-order chi connectivity index (χ0) is 38.8. The lowest BCUT2D eigenvalue weighted by atomic mass is 9.78. The van der Waals surface area contributed by atoms with E-state index in [1.54, 1.807) is 24.4 Å². The molecule has 13 heteroatoms. The summed E-state index contributed by atoms with van der Waals surface area (Å²) in [6, 6.07) is 23.6. The van der Waals surface area contributed by atoms with Crippen LogP contribution in [0.2, 0.25) is 0 Å². The number of ether oxygens (including phenoxy) is 2. The Morgan fingerprint density at radius 2 is 1.62 bits per heavy atom. The number of hydrogen-bond donors (Lipinski definition) is 2. The molecule has 4 saturated heterocycles. The second-order valence-corrected chi connectivity index (χ2v) is 16.4. The minimum absolute atomic E-state index is 0.0888. The molecule has 0 bridgehead atoms. The molecule has 1 aromatic heterocycles. The van der Waals surface area contributed by atoms with E-state index in [2.05, 4.69) is 82.6 Å². The third-order valence-corrected chi connectivity index (χ3v) is 12.2. The van der Waals surface area contributed by atoms with E-state index >= 15 is 0 Å². The molecule has 4 amide bonds. The lowest BCUT2D eigenvalue weighted by Gasteiger charge is -2.54. The monoisotopic (exact) mass is 755 g/mol. The predicted octanol–water partition coefficient (Wildman–Crippen LogP) is 4.48. The summed E-state index contributed by atoms with van der Waals surface area (Å²) >= 11 is 0. The van der Waals surface area contributed by atoms with Crippen molar-refractivity contribution in [3.05, 3.63) is 113 Å². The van der Waals surface area contributed by atoms with Gasteiger partial charge in [0.25, 0.3) is 11.8 Å². The maximum Gasteiger partial charge on any atom is 0.262 e. The van der Waals surface area contributed by atoms with Gasteiger partial charge in [0.1, 0.15) is 18.4 Å². The number of carbonyl (C=O) groups excluding carboxylic acids is 4. The lowest BCUT2D eigenvalue weighted by Crippen LogP contribution is -2.66. The number of hydrogen-bond acceptors (Lipinski definition) is 11. The number of fused-ring (bicyclic) bond motifs is 1. The molecule has 1 spiro atoms. The smallest absolute Gasteiger partial charge is 0.262 e. The normalized spacial score (nSPS) is 21.2. The summed E-state index contributed by atoms with van der Waals surface area (Å²) in [6.45, 7) is 12.3. The van der Waals surface area contributed by atoms with Crippen LogP contribution in [0, 0.1) is 5.41 Å². The van der Waals surface area contributed by atoms with E-state index in [0.29, 0.717) is 12.0 Å². The van der Waals surface area contributed by atoms with Crippen molar-refractivity contribution in [2.45, 2.75) is 63.8 Å². The second kappa shape index (κ2) is 13.8. The topological polar surface area (TPSA) is 146 Å². The summed E-state index contributed by atoms with van der Waals surface area (Å²) in [4.78, 5) is 65.1. The summed E-state index contributed by atoms with van der Waals surface area (Å²) < 4.78 is 11.5. The molecule has 0 radical (unpaired) electrons. The van der Waals surface area contributed by atoms with E-state index in [0.717, 1.165) is 67.4 Å². The average molecular weight is 756 g/mol. The first-order chi connectivity index (χ1) is 27.0. The van der Waals surface area contributed by atoms with Crippen molar-refractivity contribution in [1.82, 2.24) is 25.1 Å². The molecule has 4 aromatic rings. The molecule has 0 saturated carbocycles. The maximum absolute atomic E-state index is 13.2. The number of amides is 4. The Morgan fingerprint density at radius 1 is 0.929 bits per heavy atom. The minimum atomic E-state index is -0.979. The molecule has 0 aliphatic carbocycles. The van der Waals surface area contributed by atoms with Gasteiger partial charge in [0.2, 0.25) is 17.8 Å². The highest BCUT2D eigenvalue weighted by Crippen LogP contribution is 2.39. The first-order valence-electron chi connectivity index (χ1n) is 19.3. The zero-order valence-corrected chi connectivity index (χ0v) is 31.8. The van der Waals surface area contributed by atoms with Crippen molar-refractivity contribution in [3.63, 3.8) is 0 Å². The summed E-state index contributed by atoms with van der Waals surface area (Å²) in [6.07, 6.45) is 2.02. The van der Waals surface area contributed by atoms with Crippen LogP contribution in [0.3, 0.4) is 0 Å². The average Bonchev–Trinajstić information content (AvgIpc) is 3.39. The SMILES string of the molecule is CC(c1ccc(C(C)(C)c2ccc(OCc3ccnc(N4CC5(COC5)C4)n3)cc2)cc1)N1CC(Nc2ccc3c(c2)C(=O)N(C2CCC(=O)NC2=O)C3=O)C1.